The largest absolute Gasteiger partial charge is 0.490 e. The molecule has 0 saturated heterocycles. The normalized spacial score (nSPS) is 23.7. The van der Waals surface area contributed by atoms with Crippen LogP contribution in [-0.4, -0.2) is 60.4 Å². The second-order valence-electron chi connectivity index (χ2n) is 13.1. The van der Waals surface area contributed by atoms with Gasteiger partial charge in [0.1, 0.15) is 5.75 Å². The van der Waals surface area contributed by atoms with Crippen molar-refractivity contribution >= 4 is 39.4 Å². The first-order valence-corrected chi connectivity index (χ1v) is 18.3. The number of nitrogens with zero attached hydrogens (tertiary/aromatic N) is 1. The lowest BCUT2D eigenvalue weighted by Crippen LogP contribution is -2.57. The Hall–Kier alpha value is -3.35. The quantitative estimate of drug-likeness (QED) is 0.188. The van der Waals surface area contributed by atoms with Crippen molar-refractivity contribution in [1.82, 2.24) is 9.44 Å². The van der Waals surface area contributed by atoms with Crippen molar-refractivity contribution in [2.45, 2.75) is 68.4 Å². The van der Waals surface area contributed by atoms with Crippen molar-refractivity contribution < 1.29 is 36.4 Å². The number of amides is 2. The van der Waals surface area contributed by atoms with E-state index in [-0.39, 0.29) is 35.3 Å². The number of carbonyl (C=O) groups excluding carboxylic acids is 2. The van der Waals surface area contributed by atoms with Crippen LogP contribution in [0.3, 0.4) is 0 Å². The molecule has 0 unspecified atom stereocenters. The summed E-state index contributed by atoms with van der Waals surface area (Å²) in [5.74, 6) is -2.20. The lowest BCUT2D eigenvalue weighted by Gasteiger charge is -2.46. The van der Waals surface area contributed by atoms with E-state index in [4.69, 9.17) is 21.1 Å². The maximum Gasteiger partial charge on any atom is 0.472 e. The number of carbonyl (C=O) groups is 2. The maximum atomic E-state index is 13.8. The van der Waals surface area contributed by atoms with Crippen LogP contribution in [0.5, 0.6) is 5.75 Å². The molecule has 0 aromatic heterocycles. The van der Waals surface area contributed by atoms with Gasteiger partial charge in [-0.1, -0.05) is 29.8 Å². The van der Waals surface area contributed by atoms with Crippen LogP contribution < -0.4 is 19.1 Å². The number of anilines is 1. The number of nitrogens with one attached hydrogen (secondary N) is 2. The number of fused-ring (bicyclic) bond motifs is 3. The zero-order valence-electron chi connectivity index (χ0n) is 27.2. The molecule has 5 atom stereocenters. The van der Waals surface area contributed by atoms with Crippen LogP contribution in [0.2, 0.25) is 5.02 Å². The minimum absolute atomic E-state index is 0.00794. The van der Waals surface area contributed by atoms with E-state index < -0.39 is 33.5 Å². The second-order valence-corrected chi connectivity index (χ2v) is 16.2. The Morgan fingerprint density at radius 3 is 2.62 bits per heavy atom. The van der Waals surface area contributed by atoms with Gasteiger partial charge in [-0.2, -0.15) is 13.2 Å². The summed E-state index contributed by atoms with van der Waals surface area (Å²) in [4.78, 5) is 27.7. The van der Waals surface area contributed by atoms with Gasteiger partial charge in [0, 0.05) is 51.8 Å². The molecule has 0 bridgehead atoms. The number of alkyl halides is 3. The van der Waals surface area contributed by atoms with Crippen LogP contribution in [0.1, 0.15) is 60.5 Å². The summed E-state index contributed by atoms with van der Waals surface area (Å²) in [5.41, 5.74) is 2.70. The molecule has 262 valence electrons. The third kappa shape index (κ3) is 7.30. The highest BCUT2D eigenvalue weighted by atomic mass is 35.5. The zero-order chi connectivity index (χ0) is 34.9. The number of halogens is 4. The molecule has 2 aromatic carbocycles. The smallest absolute Gasteiger partial charge is 0.472 e. The van der Waals surface area contributed by atoms with Gasteiger partial charge in [-0.3, -0.25) is 19.0 Å². The SMILES string of the molecule is C=CC[C@H](C)[SH](=O)(NC(=O)c1ccc2c(c1)N(C[C@@H]1CC[C@H]1[C@H](C=C)OC)C[C@@]1(CCCc3cc(Cl)ccc31)CO2)NC(=O)C(F)(F)F. The summed E-state index contributed by atoms with van der Waals surface area (Å²) in [6, 6.07) is 10.8. The van der Waals surface area contributed by atoms with Crippen LogP contribution in [0, 0.1) is 11.8 Å². The number of rotatable bonds is 11. The predicted molar refractivity (Wildman–Crippen MR) is 183 cm³/mol. The van der Waals surface area contributed by atoms with Crippen LogP contribution in [0.4, 0.5) is 18.9 Å². The molecular formula is C35H43ClF3N3O5S. The van der Waals surface area contributed by atoms with E-state index in [1.165, 1.54) is 30.2 Å². The van der Waals surface area contributed by atoms with E-state index in [1.54, 1.807) is 24.0 Å². The van der Waals surface area contributed by atoms with Gasteiger partial charge in [-0.05, 0) is 98.7 Å². The van der Waals surface area contributed by atoms with Crippen molar-refractivity contribution in [3.05, 3.63) is 83.4 Å². The molecule has 5 rings (SSSR count). The first kappa shape index (κ1) is 35.9. The molecule has 1 spiro atoms. The molecule has 2 aliphatic carbocycles. The zero-order valence-corrected chi connectivity index (χ0v) is 28.8. The minimum atomic E-state index is -5.29. The third-order valence-electron chi connectivity index (χ3n) is 10.1. The van der Waals surface area contributed by atoms with E-state index in [1.807, 2.05) is 18.2 Å². The highest BCUT2D eigenvalue weighted by Crippen LogP contribution is 2.47. The summed E-state index contributed by atoms with van der Waals surface area (Å²) < 4.78 is 69.3. The summed E-state index contributed by atoms with van der Waals surface area (Å²) in [6.45, 7) is 10.5. The summed E-state index contributed by atoms with van der Waals surface area (Å²) in [5, 5.41) is -0.366. The standard InChI is InChI=1S/C35H43ClF3N3O5S/c1-5-8-22(3)48(45,41-33(44)35(37,38)39)40-32(43)24-11-15-31-29(18-24)42(19-25-10-13-27(25)30(6-2)46-4)20-34(21-47-31)16-7-9-23-17-26(36)12-14-28(23)34/h5-6,11-12,14-15,17-18,22,25,27,30,48H,1-2,7-10,13,16,19-21H2,3-4H3,(H2,40,41,43,44,45)/t22-,25-,27+,30-,34-/m0/s1. The van der Waals surface area contributed by atoms with Gasteiger partial charge < -0.3 is 14.4 Å². The van der Waals surface area contributed by atoms with E-state index in [9.17, 15) is 27.0 Å². The van der Waals surface area contributed by atoms with E-state index in [0.29, 0.717) is 36.2 Å². The fourth-order valence-electron chi connectivity index (χ4n) is 7.31. The van der Waals surface area contributed by atoms with E-state index >= 15 is 0 Å². The highest BCUT2D eigenvalue weighted by Gasteiger charge is 2.45. The van der Waals surface area contributed by atoms with Crippen molar-refractivity contribution in [2.75, 3.05) is 31.7 Å². The van der Waals surface area contributed by atoms with Crippen molar-refractivity contribution in [3.63, 3.8) is 0 Å². The summed E-state index contributed by atoms with van der Waals surface area (Å²) >= 11 is 6.38. The van der Waals surface area contributed by atoms with Crippen LogP contribution >= 0.6 is 11.6 Å². The van der Waals surface area contributed by atoms with Crippen molar-refractivity contribution in [3.8, 4) is 5.75 Å². The van der Waals surface area contributed by atoms with Gasteiger partial charge >= 0.3 is 12.1 Å². The molecule has 1 aliphatic heterocycles. The number of benzene rings is 2. The van der Waals surface area contributed by atoms with Gasteiger partial charge in [0.15, 0.2) is 0 Å². The number of aryl methyl sites for hydroxylation is 1. The topological polar surface area (TPSA) is 97.0 Å². The van der Waals surface area contributed by atoms with E-state index in [0.717, 1.165) is 32.1 Å². The molecule has 2 aromatic rings. The first-order valence-electron chi connectivity index (χ1n) is 16.1. The number of hydrogen-bond acceptors (Lipinski definition) is 6. The molecule has 2 N–H and O–H groups in total. The minimum Gasteiger partial charge on any atom is -0.490 e. The molecule has 1 heterocycles. The second kappa shape index (κ2) is 14.2. The van der Waals surface area contributed by atoms with E-state index in [2.05, 4.69) is 28.8 Å². The number of thiol groups is 1. The first-order chi connectivity index (χ1) is 22.7. The fraction of sp³-hybridized carbons (Fsp3) is 0.486. The number of allylic oxidation sites excluding steroid dienone is 1. The molecule has 1 fully saturated rings. The van der Waals surface area contributed by atoms with Crippen molar-refractivity contribution in [1.29, 1.82) is 0 Å². The summed E-state index contributed by atoms with van der Waals surface area (Å²) in [7, 11) is -2.76. The highest BCUT2D eigenvalue weighted by molar-refractivity contribution is 8.01. The number of ether oxygens (including phenoxy) is 2. The monoisotopic (exact) mass is 709 g/mol. The van der Waals surface area contributed by atoms with Crippen LogP contribution in [0.15, 0.2) is 61.7 Å². The molecule has 2 amide bonds. The average Bonchev–Trinajstić information content (AvgIpc) is 3.18. The Morgan fingerprint density at radius 2 is 1.98 bits per heavy atom. The fourth-order valence-corrected chi connectivity index (χ4v) is 9.30. The number of methoxy groups -OCH3 is 1. The molecule has 48 heavy (non-hydrogen) atoms. The third-order valence-corrected chi connectivity index (χ3v) is 12.8. The Balaban J connectivity index is 1.51. The van der Waals surface area contributed by atoms with Gasteiger partial charge in [0.2, 0.25) is 0 Å². The predicted octanol–water partition coefficient (Wildman–Crippen LogP) is 6.26. The number of hydrogen-bond donors (Lipinski definition) is 3. The lowest BCUT2D eigenvalue weighted by atomic mass is 9.68. The molecule has 3 aliphatic rings. The van der Waals surface area contributed by atoms with Crippen molar-refractivity contribution in [2.24, 2.45) is 11.8 Å². The van der Waals surface area contributed by atoms with Gasteiger partial charge in [0.05, 0.1) is 18.4 Å². The summed E-state index contributed by atoms with van der Waals surface area (Å²) in [6.07, 6.45) is 2.49. The molecule has 1 saturated carbocycles. The average molecular weight is 710 g/mol. The van der Waals surface area contributed by atoms with Crippen LogP contribution in [0.25, 0.3) is 0 Å². The molecule has 0 radical (unpaired) electrons. The van der Waals surface area contributed by atoms with Gasteiger partial charge in [0.25, 0.3) is 5.91 Å². The Bertz CT molecular complexity index is 1620. The molecular weight excluding hydrogens is 667 g/mol. The van der Waals surface area contributed by atoms with Gasteiger partial charge in [-0.15, -0.1) is 13.2 Å². The lowest BCUT2D eigenvalue weighted by molar-refractivity contribution is -0.171. The van der Waals surface area contributed by atoms with Gasteiger partial charge in [-0.25, -0.2) is 4.21 Å². The van der Waals surface area contributed by atoms with Crippen LogP contribution in [-0.2, 0) is 31.7 Å². The Morgan fingerprint density at radius 1 is 1.21 bits per heavy atom. The molecule has 8 nitrogen and oxygen atoms in total. The molecule has 13 heteroatoms. The Labute approximate surface area is 285 Å². The maximum absolute atomic E-state index is 13.8. The Kier molecular flexibility index (Phi) is 10.7.